The summed E-state index contributed by atoms with van der Waals surface area (Å²) >= 11 is 3.09. The fourth-order valence-corrected chi connectivity index (χ4v) is 2.40. The molecule has 0 saturated carbocycles. The molecule has 1 heterocycles. The molecule has 0 N–H and O–H groups in total. The molecule has 0 unspecified atom stereocenters. The average Bonchev–Trinajstić information content (AvgIpc) is 2.30. The fourth-order valence-electron chi connectivity index (χ4n) is 2.00. The van der Waals surface area contributed by atoms with Crippen molar-refractivity contribution >= 4 is 22.0 Å². The summed E-state index contributed by atoms with van der Waals surface area (Å²) in [5.74, 6) is -2.03. The molecule has 0 aliphatic carbocycles. The Hall–Kier alpha value is -1.37. The van der Waals surface area contributed by atoms with Crippen molar-refractivity contribution in [2.75, 3.05) is 19.7 Å². The van der Waals surface area contributed by atoms with Gasteiger partial charge in [-0.3, -0.25) is 0 Å². The minimum Gasteiger partial charge on any atom is -0.490 e. The highest BCUT2D eigenvalue weighted by molar-refractivity contribution is 9.10. The maximum absolute atomic E-state index is 13.5. The van der Waals surface area contributed by atoms with Gasteiger partial charge in [-0.15, -0.1) is 0 Å². The number of hydrogen-bond donors (Lipinski definition) is 0. The van der Waals surface area contributed by atoms with Gasteiger partial charge in [-0.05, 0) is 32.9 Å². The summed E-state index contributed by atoms with van der Waals surface area (Å²) in [4.78, 5) is 13.3. The lowest BCUT2D eigenvalue weighted by molar-refractivity contribution is -0.00808. The second-order valence-electron chi connectivity index (χ2n) is 6.26. The van der Waals surface area contributed by atoms with E-state index in [9.17, 15) is 13.6 Å². The van der Waals surface area contributed by atoms with E-state index in [2.05, 4.69) is 15.9 Å². The Balaban J connectivity index is 1.81. The number of hydrogen-bond acceptors (Lipinski definition) is 3. The molecule has 0 spiro atoms. The zero-order valence-electron chi connectivity index (χ0n) is 12.7. The normalized spacial score (nSPS) is 15.5. The summed E-state index contributed by atoms with van der Waals surface area (Å²) in [5.41, 5.74) is -0.532. The average molecular weight is 378 g/mol. The van der Waals surface area contributed by atoms with Gasteiger partial charge in [0.15, 0.2) is 11.6 Å². The lowest BCUT2D eigenvalue weighted by atomic mass is 10.0. The maximum Gasteiger partial charge on any atom is 0.410 e. The highest BCUT2D eigenvalue weighted by Gasteiger charge is 2.34. The fraction of sp³-hybridized carbons (Fsp3) is 0.533. The predicted molar refractivity (Wildman–Crippen MR) is 80.9 cm³/mol. The van der Waals surface area contributed by atoms with Crippen molar-refractivity contribution in [3.8, 4) is 5.75 Å². The van der Waals surface area contributed by atoms with Gasteiger partial charge in [-0.1, -0.05) is 15.9 Å². The monoisotopic (exact) mass is 377 g/mol. The highest BCUT2D eigenvalue weighted by Crippen LogP contribution is 2.27. The summed E-state index contributed by atoms with van der Waals surface area (Å²) in [6.45, 7) is 6.58. The van der Waals surface area contributed by atoms with Crippen LogP contribution >= 0.6 is 15.9 Å². The van der Waals surface area contributed by atoms with Crippen molar-refractivity contribution in [3.63, 3.8) is 0 Å². The largest absolute Gasteiger partial charge is 0.490 e. The molecule has 22 heavy (non-hydrogen) atoms. The summed E-state index contributed by atoms with van der Waals surface area (Å²) in [6.07, 6.45) is -0.372. The number of likely N-dealkylation sites (tertiary alicyclic amines) is 1. The third kappa shape index (κ3) is 4.32. The Morgan fingerprint density at radius 3 is 2.59 bits per heavy atom. The van der Waals surface area contributed by atoms with E-state index < -0.39 is 17.2 Å². The number of nitrogens with zero attached hydrogens (tertiary/aromatic N) is 1. The van der Waals surface area contributed by atoms with Gasteiger partial charge in [0.2, 0.25) is 5.82 Å². The molecule has 1 aromatic rings. The first kappa shape index (κ1) is 17.0. The van der Waals surface area contributed by atoms with Crippen LogP contribution in [-0.2, 0) is 4.74 Å². The van der Waals surface area contributed by atoms with Crippen molar-refractivity contribution in [1.82, 2.24) is 4.90 Å². The van der Waals surface area contributed by atoms with E-state index in [0.717, 1.165) is 6.07 Å². The highest BCUT2D eigenvalue weighted by atomic mass is 79.9. The number of rotatable bonds is 3. The van der Waals surface area contributed by atoms with Crippen LogP contribution in [0.15, 0.2) is 16.6 Å². The summed E-state index contributed by atoms with van der Waals surface area (Å²) in [7, 11) is 0. The molecule has 0 bridgehead atoms. The zero-order valence-corrected chi connectivity index (χ0v) is 14.2. The van der Waals surface area contributed by atoms with E-state index >= 15 is 0 Å². The number of halogens is 3. The van der Waals surface area contributed by atoms with Gasteiger partial charge in [-0.25, -0.2) is 9.18 Å². The zero-order chi connectivity index (χ0) is 16.5. The predicted octanol–water partition coefficient (Wildman–Crippen LogP) is 3.97. The van der Waals surface area contributed by atoms with Crippen LogP contribution in [0.1, 0.15) is 20.8 Å². The number of amides is 1. The molecule has 4 nitrogen and oxygen atoms in total. The molecule has 1 fully saturated rings. The molecular formula is C15H18BrF2NO3. The Labute approximate surface area is 136 Å². The minimum atomic E-state index is -1.01. The van der Waals surface area contributed by atoms with Crippen molar-refractivity contribution < 1.29 is 23.0 Å². The van der Waals surface area contributed by atoms with Gasteiger partial charge in [0.25, 0.3) is 0 Å². The minimum absolute atomic E-state index is 0.0777. The molecule has 1 aliphatic heterocycles. The van der Waals surface area contributed by atoms with E-state index in [1.54, 1.807) is 25.7 Å². The van der Waals surface area contributed by atoms with Crippen molar-refractivity contribution in [2.45, 2.75) is 26.4 Å². The van der Waals surface area contributed by atoms with E-state index in [-0.39, 0.29) is 24.4 Å². The smallest absolute Gasteiger partial charge is 0.410 e. The molecule has 1 amide bonds. The van der Waals surface area contributed by atoms with Crippen molar-refractivity contribution in [2.24, 2.45) is 5.92 Å². The van der Waals surface area contributed by atoms with Gasteiger partial charge in [0, 0.05) is 23.5 Å². The first-order valence-corrected chi connectivity index (χ1v) is 7.70. The van der Waals surface area contributed by atoms with E-state index in [4.69, 9.17) is 9.47 Å². The quantitative estimate of drug-likeness (QED) is 0.748. The number of carbonyl (C=O) groups is 1. The second kappa shape index (κ2) is 6.40. The van der Waals surface area contributed by atoms with Crippen LogP contribution < -0.4 is 4.74 Å². The third-order valence-electron chi connectivity index (χ3n) is 3.04. The van der Waals surface area contributed by atoms with Gasteiger partial charge in [0.05, 0.1) is 6.61 Å². The molecular weight excluding hydrogens is 360 g/mol. The van der Waals surface area contributed by atoms with Crippen molar-refractivity contribution in [1.29, 1.82) is 0 Å². The molecule has 122 valence electrons. The van der Waals surface area contributed by atoms with Gasteiger partial charge in [-0.2, -0.15) is 4.39 Å². The van der Waals surface area contributed by atoms with Crippen LogP contribution in [0.3, 0.4) is 0 Å². The number of benzene rings is 1. The SMILES string of the molecule is CC(C)(C)OC(=O)N1CC(COc2cc(Br)cc(F)c2F)C1. The third-order valence-corrected chi connectivity index (χ3v) is 3.50. The van der Waals surface area contributed by atoms with Gasteiger partial charge < -0.3 is 14.4 Å². The Kier molecular flexibility index (Phi) is 4.94. The topological polar surface area (TPSA) is 38.8 Å². The van der Waals surface area contributed by atoms with Crippen LogP contribution in [0.25, 0.3) is 0 Å². The first-order valence-electron chi connectivity index (χ1n) is 6.91. The number of carbonyl (C=O) groups excluding carboxylic acids is 1. The van der Waals surface area contributed by atoms with Crippen molar-refractivity contribution in [3.05, 3.63) is 28.2 Å². The van der Waals surface area contributed by atoms with E-state index in [1.165, 1.54) is 6.07 Å². The van der Waals surface area contributed by atoms with Crippen LogP contribution in [0, 0.1) is 17.6 Å². The molecule has 1 aromatic carbocycles. The van der Waals surface area contributed by atoms with Crippen LogP contribution in [0.5, 0.6) is 5.75 Å². The molecule has 0 radical (unpaired) electrons. The molecule has 1 saturated heterocycles. The maximum atomic E-state index is 13.5. The second-order valence-corrected chi connectivity index (χ2v) is 7.18. The van der Waals surface area contributed by atoms with Gasteiger partial charge in [0.1, 0.15) is 5.60 Å². The van der Waals surface area contributed by atoms with Crippen LogP contribution in [0.4, 0.5) is 13.6 Å². The molecule has 7 heteroatoms. The summed E-state index contributed by atoms with van der Waals surface area (Å²) in [5, 5.41) is 0. The molecule has 0 atom stereocenters. The Morgan fingerprint density at radius 1 is 1.36 bits per heavy atom. The Bertz CT molecular complexity index is 569. The van der Waals surface area contributed by atoms with Gasteiger partial charge >= 0.3 is 6.09 Å². The lowest BCUT2D eigenvalue weighted by Gasteiger charge is -2.39. The molecule has 1 aliphatic rings. The number of ether oxygens (including phenoxy) is 2. The van der Waals surface area contributed by atoms with Crippen LogP contribution in [-0.4, -0.2) is 36.3 Å². The van der Waals surface area contributed by atoms with Crippen LogP contribution in [0.2, 0.25) is 0 Å². The standard InChI is InChI=1S/C15H18BrF2NO3/c1-15(2,3)22-14(20)19-6-9(7-19)8-21-12-5-10(16)4-11(17)13(12)18/h4-5,9H,6-8H2,1-3H3. The summed E-state index contributed by atoms with van der Waals surface area (Å²) < 4.78 is 37.7. The Morgan fingerprint density at radius 2 is 2.00 bits per heavy atom. The van der Waals surface area contributed by atoms with E-state index in [0.29, 0.717) is 17.6 Å². The lowest BCUT2D eigenvalue weighted by Crippen LogP contribution is -2.53. The summed E-state index contributed by atoms with van der Waals surface area (Å²) in [6, 6.07) is 2.42. The first-order chi connectivity index (χ1) is 10.2. The molecule has 2 rings (SSSR count). The molecule has 0 aromatic heterocycles. The van der Waals surface area contributed by atoms with E-state index in [1.807, 2.05) is 0 Å².